The van der Waals surface area contributed by atoms with Gasteiger partial charge in [-0.2, -0.15) is 0 Å². The van der Waals surface area contributed by atoms with Gasteiger partial charge in [0.2, 0.25) is 0 Å². The van der Waals surface area contributed by atoms with E-state index in [-0.39, 0.29) is 5.97 Å². The molecule has 0 saturated heterocycles. The molecule has 1 rings (SSSR count). The summed E-state index contributed by atoms with van der Waals surface area (Å²) >= 11 is 0. The lowest BCUT2D eigenvalue weighted by atomic mass is 10.0. The second-order valence-corrected chi connectivity index (χ2v) is 11.3. The smallest absolute Gasteiger partial charge is 0.338 e. The summed E-state index contributed by atoms with van der Waals surface area (Å²) in [6.45, 7) is 5.82. The molecule has 0 aromatic heterocycles. The maximum absolute atomic E-state index is 12.3. The molecular weight excluding hydrogens is 468 g/mol. The van der Waals surface area contributed by atoms with Crippen molar-refractivity contribution in [3.63, 3.8) is 0 Å². The summed E-state index contributed by atoms with van der Waals surface area (Å²) in [5, 5.41) is 0. The average Bonchev–Trinajstić information content (AvgIpc) is 2.94. The fourth-order valence-electron chi connectivity index (χ4n) is 5.01. The van der Waals surface area contributed by atoms with Crippen molar-refractivity contribution in [1.82, 2.24) is 0 Å². The van der Waals surface area contributed by atoms with E-state index in [4.69, 9.17) is 9.47 Å². The van der Waals surface area contributed by atoms with Crippen LogP contribution in [0.3, 0.4) is 0 Å². The van der Waals surface area contributed by atoms with E-state index in [9.17, 15) is 4.79 Å². The van der Waals surface area contributed by atoms with Crippen molar-refractivity contribution in [1.29, 1.82) is 0 Å². The third-order valence-corrected chi connectivity index (χ3v) is 7.59. The zero-order valence-electron chi connectivity index (χ0n) is 25.4. The van der Waals surface area contributed by atoms with Gasteiger partial charge in [0, 0.05) is 0 Å². The molecular formula is C35H62O3. The Morgan fingerprint density at radius 1 is 0.474 bits per heavy atom. The molecule has 0 saturated carbocycles. The monoisotopic (exact) mass is 530 g/mol. The predicted molar refractivity (Wildman–Crippen MR) is 164 cm³/mol. The van der Waals surface area contributed by atoms with Gasteiger partial charge in [-0.25, -0.2) is 4.79 Å². The average molecular weight is 531 g/mol. The molecule has 0 N–H and O–H groups in total. The number of ether oxygens (including phenoxy) is 2. The van der Waals surface area contributed by atoms with Gasteiger partial charge in [0.25, 0.3) is 0 Å². The van der Waals surface area contributed by atoms with Crippen LogP contribution in [0.4, 0.5) is 0 Å². The van der Waals surface area contributed by atoms with Crippen LogP contribution < -0.4 is 4.74 Å². The zero-order chi connectivity index (χ0) is 27.4. The van der Waals surface area contributed by atoms with Crippen LogP contribution in [0.1, 0.15) is 178 Å². The highest BCUT2D eigenvalue weighted by Crippen LogP contribution is 2.16. The first-order valence-corrected chi connectivity index (χ1v) is 16.7. The summed E-state index contributed by atoms with van der Waals surface area (Å²) in [5.74, 6) is 0.616. The molecule has 3 heteroatoms. The molecule has 0 bridgehead atoms. The quantitative estimate of drug-likeness (QED) is 0.0798. The Hall–Kier alpha value is -1.51. The van der Waals surface area contributed by atoms with E-state index in [1.165, 1.54) is 135 Å². The van der Waals surface area contributed by atoms with Gasteiger partial charge in [-0.05, 0) is 37.1 Å². The molecule has 0 amide bonds. The van der Waals surface area contributed by atoms with Gasteiger partial charge in [-0.1, -0.05) is 155 Å². The topological polar surface area (TPSA) is 35.5 Å². The summed E-state index contributed by atoms with van der Waals surface area (Å²) in [4.78, 5) is 12.3. The molecule has 0 aliphatic rings. The van der Waals surface area contributed by atoms with Gasteiger partial charge >= 0.3 is 5.97 Å². The summed E-state index contributed by atoms with van der Waals surface area (Å²) in [6, 6.07) is 7.42. The van der Waals surface area contributed by atoms with Crippen LogP contribution in [0, 0.1) is 0 Å². The number of rotatable bonds is 28. The van der Waals surface area contributed by atoms with E-state index in [1.807, 2.05) is 24.3 Å². The molecule has 0 spiro atoms. The SMILES string of the molecule is CCCCCCCCCCCCCCCCOc1ccc(C(=O)OCCCCCCCCCCCC)cc1. The van der Waals surface area contributed by atoms with Gasteiger partial charge in [-0.3, -0.25) is 0 Å². The first-order chi connectivity index (χ1) is 18.8. The molecule has 0 aliphatic heterocycles. The Labute approximate surface area is 236 Å². The molecule has 220 valence electrons. The third-order valence-electron chi connectivity index (χ3n) is 7.59. The second kappa shape index (κ2) is 27.1. The lowest BCUT2D eigenvalue weighted by Crippen LogP contribution is -2.06. The van der Waals surface area contributed by atoms with E-state index >= 15 is 0 Å². The fourth-order valence-corrected chi connectivity index (χ4v) is 5.01. The molecule has 38 heavy (non-hydrogen) atoms. The second-order valence-electron chi connectivity index (χ2n) is 11.3. The van der Waals surface area contributed by atoms with Gasteiger partial charge < -0.3 is 9.47 Å². The van der Waals surface area contributed by atoms with Crippen LogP contribution in [-0.4, -0.2) is 19.2 Å². The van der Waals surface area contributed by atoms with Crippen molar-refractivity contribution in [3.8, 4) is 5.75 Å². The van der Waals surface area contributed by atoms with Gasteiger partial charge in [0.15, 0.2) is 0 Å². The maximum atomic E-state index is 12.3. The Balaban J connectivity index is 1.91. The van der Waals surface area contributed by atoms with Crippen molar-refractivity contribution >= 4 is 5.97 Å². The standard InChI is InChI=1S/C35H62O3/c1-3-5-7-9-11-13-15-16-17-18-20-21-23-25-31-37-34-29-27-33(28-30-34)35(36)38-32-26-24-22-19-14-12-10-8-6-4-2/h27-30H,3-26,31-32H2,1-2H3. The lowest BCUT2D eigenvalue weighted by molar-refractivity contribution is 0.0497. The number of carbonyl (C=O) groups excluding carboxylic acids is 1. The van der Waals surface area contributed by atoms with Crippen LogP contribution in [0.15, 0.2) is 24.3 Å². The Morgan fingerprint density at radius 2 is 0.816 bits per heavy atom. The molecule has 0 aliphatic carbocycles. The Morgan fingerprint density at radius 3 is 1.21 bits per heavy atom. The van der Waals surface area contributed by atoms with Crippen LogP contribution in [0.2, 0.25) is 0 Å². The summed E-state index contributed by atoms with van der Waals surface area (Å²) in [6.07, 6.45) is 32.0. The lowest BCUT2D eigenvalue weighted by Gasteiger charge is -2.08. The number of esters is 1. The summed E-state index contributed by atoms with van der Waals surface area (Å²) in [7, 11) is 0. The zero-order valence-corrected chi connectivity index (χ0v) is 25.4. The maximum Gasteiger partial charge on any atom is 0.338 e. The molecule has 0 unspecified atom stereocenters. The highest BCUT2D eigenvalue weighted by atomic mass is 16.5. The van der Waals surface area contributed by atoms with Crippen molar-refractivity contribution in [2.24, 2.45) is 0 Å². The van der Waals surface area contributed by atoms with E-state index < -0.39 is 0 Å². The van der Waals surface area contributed by atoms with Gasteiger partial charge in [-0.15, -0.1) is 0 Å². The number of carbonyl (C=O) groups is 1. The number of unbranched alkanes of at least 4 members (excludes halogenated alkanes) is 22. The first kappa shape index (κ1) is 34.5. The van der Waals surface area contributed by atoms with Crippen LogP contribution in [0.25, 0.3) is 0 Å². The van der Waals surface area contributed by atoms with Crippen molar-refractivity contribution in [2.75, 3.05) is 13.2 Å². The molecule has 0 atom stereocenters. The third kappa shape index (κ3) is 21.4. The Kier molecular flexibility index (Phi) is 24.6. The number of hydrogen-bond donors (Lipinski definition) is 0. The van der Waals surface area contributed by atoms with Crippen molar-refractivity contribution in [3.05, 3.63) is 29.8 Å². The minimum atomic E-state index is -0.223. The normalized spacial score (nSPS) is 11.1. The largest absolute Gasteiger partial charge is 0.494 e. The Bertz CT molecular complexity index is 625. The minimum absolute atomic E-state index is 0.223. The van der Waals surface area contributed by atoms with E-state index in [2.05, 4.69) is 13.8 Å². The number of hydrogen-bond acceptors (Lipinski definition) is 3. The highest BCUT2D eigenvalue weighted by Gasteiger charge is 2.07. The van der Waals surface area contributed by atoms with Crippen LogP contribution in [0.5, 0.6) is 5.75 Å². The van der Waals surface area contributed by atoms with E-state index in [0.717, 1.165) is 31.6 Å². The van der Waals surface area contributed by atoms with Crippen molar-refractivity contribution < 1.29 is 14.3 Å². The van der Waals surface area contributed by atoms with Gasteiger partial charge in [0.05, 0.1) is 18.8 Å². The minimum Gasteiger partial charge on any atom is -0.494 e. The van der Waals surface area contributed by atoms with Crippen molar-refractivity contribution in [2.45, 2.75) is 168 Å². The molecule has 0 heterocycles. The predicted octanol–water partition coefficient (Wildman–Crippen LogP) is 11.6. The number of benzene rings is 1. The van der Waals surface area contributed by atoms with Crippen LogP contribution >= 0.6 is 0 Å². The fraction of sp³-hybridized carbons (Fsp3) is 0.800. The van der Waals surface area contributed by atoms with E-state index in [0.29, 0.717) is 12.2 Å². The van der Waals surface area contributed by atoms with Crippen LogP contribution in [-0.2, 0) is 4.74 Å². The van der Waals surface area contributed by atoms with E-state index in [1.54, 1.807) is 0 Å². The molecule has 0 fully saturated rings. The summed E-state index contributed by atoms with van der Waals surface area (Å²) < 4.78 is 11.3. The first-order valence-electron chi connectivity index (χ1n) is 16.7. The molecule has 3 nitrogen and oxygen atoms in total. The highest BCUT2D eigenvalue weighted by molar-refractivity contribution is 5.89. The molecule has 1 aromatic rings. The molecule has 1 aromatic carbocycles. The molecule has 0 radical (unpaired) electrons. The van der Waals surface area contributed by atoms with Gasteiger partial charge in [0.1, 0.15) is 5.75 Å². The summed E-state index contributed by atoms with van der Waals surface area (Å²) in [5.41, 5.74) is 0.612.